The summed E-state index contributed by atoms with van der Waals surface area (Å²) in [7, 11) is 0. The Bertz CT molecular complexity index is 1200. The summed E-state index contributed by atoms with van der Waals surface area (Å²) in [6, 6.07) is 21.6. The van der Waals surface area contributed by atoms with E-state index in [-0.39, 0.29) is 11.5 Å². The summed E-state index contributed by atoms with van der Waals surface area (Å²) in [5.41, 5.74) is 2.65. The van der Waals surface area contributed by atoms with Gasteiger partial charge in [0, 0.05) is 22.3 Å². The first-order chi connectivity index (χ1) is 14.7. The molecule has 148 valence electrons. The van der Waals surface area contributed by atoms with Crippen molar-refractivity contribution in [2.45, 2.75) is 18.0 Å². The topological polar surface area (TPSA) is 84.5 Å². The molecule has 0 spiro atoms. The summed E-state index contributed by atoms with van der Waals surface area (Å²) in [5.74, 6) is -0.251. The molecule has 6 nitrogen and oxygen atoms in total. The first-order valence-electron chi connectivity index (χ1n) is 9.21. The number of benzene rings is 2. The molecule has 0 aliphatic heterocycles. The highest BCUT2D eigenvalue weighted by atomic mass is 32.2. The lowest BCUT2D eigenvalue weighted by molar-refractivity contribution is -0.116. The number of Topliss-reactive ketones (excluding diaryl/α,β-unsaturated/α-hetero) is 1. The zero-order chi connectivity index (χ0) is 20.9. The predicted octanol–water partition coefficient (Wildman–Crippen LogP) is 4.67. The molecule has 1 atom stereocenters. The molecule has 8 heteroatoms. The van der Waals surface area contributed by atoms with Crippen LogP contribution in [0.3, 0.4) is 0 Å². The maximum Gasteiger partial charge on any atom is 0.196 e. The number of para-hydroxylation sites is 1. The molecule has 4 aromatic rings. The number of nitrogens with zero attached hydrogens (tertiary/aromatic N) is 5. The van der Waals surface area contributed by atoms with Gasteiger partial charge in [-0.1, -0.05) is 60.3 Å². The molecule has 0 amide bonds. The first-order valence-corrected chi connectivity index (χ1v) is 11.1. The van der Waals surface area contributed by atoms with Crippen LogP contribution in [-0.4, -0.2) is 31.3 Å². The molecule has 0 fully saturated rings. The Morgan fingerprint density at radius 2 is 1.83 bits per heavy atom. The van der Waals surface area contributed by atoms with Crippen LogP contribution in [0.4, 0.5) is 0 Å². The van der Waals surface area contributed by atoms with Crippen LogP contribution in [0.2, 0.25) is 0 Å². The van der Waals surface area contributed by atoms with Gasteiger partial charge in [-0.3, -0.25) is 9.36 Å². The molecule has 4 rings (SSSR count). The minimum atomic E-state index is -0.863. The third-order valence-electron chi connectivity index (χ3n) is 4.36. The zero-order valence-corrected chi connectivity index (χ0v) is 17.7. The van der Waals surface area contributed by atoms with Gasteiger partial charge in [0.15, 0.2) is 22.7 Å². The highest BCUT2D eigenvalue weighted by molar-refractivity contribution is 7.99. The molecule has 0 bridgehead atoms. The van der Waals surface area contributed by atoms with Crippen molar-refractivity contribution in [1.82, 2.24) is 19.7 Å². The van der Waals surface area contributed by atoms with Gasteiger partial charge < -0.3 is 0 Å². The van der Waals surface area contributed by atoms with Gasteiger partial charge in [-0.05, 0) is 19.1 Å². The van der Waals surface area contributed by atoms with Crippen molar-refractivity contribution in [1.29, 1.82) is 5.26 Å². The van der Waals surface area contributed by atoms with Crippen molar-refractivity contribution in [3.05, 3.63) is 76.7 Å². The van der Waals surface area contributed by atoms with Crippen molar-refractivity contribution in [2.75, 3.05) is 5.75 Å². The molecule has 0 N–H and O–H groups in total. The average Bonchev–Trinajstić information content (AvgIpc) is 3.40. The second-order valence-electron chi connectivity index (χ2n) is 6.49. The molecule has 0 saturated carbocycles. The Hall–Kier alpha value is -3.28. The highest BCUT2D eigenvalue weighted by Crippen LogP contribution is 2.29. The fourth-order valence-electron chi connectivity index (χ4n) is 2.94. The first kappa shape index (κ1) is 20.0. The van der Waals surface area contributed by atoms with E-state index in [2.05, 4.69) is 21.3 Å². The minimum absolute atomic E-state index is 0.108. The smallest absolute Gasteiger partial charge is 0.196 e. The number of carbonyl (C=O) groups excluding carboxylic acids is 1. The number of aryl methyl sites for hydroxylation is 1. The van der Waals surface area contributed by atoms with E-state index in [0.29, 0.717) is 16.0 Å². The van der Waals surface area contributed by atoms with E-state index in [9.17, 15) is 10.1 Å². The molecule has 30 heavy (non-hydrogen) atoms. The maximum absolute atomic E-state index is 12.7. The number of nitriles is 1. The van der Waals surface area contributed by atoms with Gasteiger partial charge in [0.1, 0.15) is 5.01 Å². The summed E-state index contributed by atoms with van der Waals surface area (Å²) in [6.45, 7) is 1.85. The van der Waals surface area contributed by atoms with Crippen molar-refractivity contribution in [3.8, 4) is 23.1 Å². The van der Waals surface area contributed by atoms with Gasteiger partial charge in [-0.2, -0.15) is 5.26 Å². The van der Waals surface area contributed by atoms with Crippen LogP contribution in [0.5, 0.6) is 0 Å². The lowest BCUT2D eigenvalue weighted by atomic mass is 10.1. The number of rotatable bonds is 7. The molecular weight excluding hydrogens is 414 g/mol. The minimum Gasteiger partial charge on any atom is -0.297 e. The molecule has 0 saturated heterocycles. The van der Waals surface area contributed by atoms with Crippen LogP contribution < -0.4 is 0 Å². The summed E-state index contributed by atoms with van der Waals surface area (Å²) < 4.78 is 1.93. The second kappa shape index (κ2) is 9.03. The molecule has 1 unspecified atom stereocenters. The molecule has 2 heterocycles. The lowest BCUT2D eigenvalue weighted by Crippen LogP contribution is -2.13. The molecular formula is C22H17N5OS2. The largest absolute Gasteiger partial charge is 0.297 e. The second-order valence-corrected chi connectivity index (χ2v) is 8.32. The Kier molecular flexibility index (Phi) is 6.02. The maximum atomic E-state index is 12.7. The van der Waals surface area contributed by atoms with Crippen LogP contribution in [0.25, 0.3) is 17.1 Å². The number of thiazole rings is 1. The Balaban J connectivity index is 1.62. The van der Waals surface area contributed by atoms with Gasteiger partial charge in [-0.15, -0.1) is 21.5 Å². The number of ketones is 1. The van der Waals surface area contributed by atoms with E-state index in [4.69, 9.17) is 0 Å². The van der Waals surface area contributed by atoms with Gasteiger partial charge in [-0.25, -0.2) is 4.98 Å². The van der Waals surface area contributed by atoms with Gasteiger partial charge in [0.25, 0.3) is 0 Å². The van der Waals surface area contributed by atoms with Gasteiger partial charge in [0.2, 0.25) is 0 Å². The van der Waals surface area contributed by atoms with Crippen molar-refractivity contribution >= 4 is 28.9 Å². The monoisotopic (exact) mass is 431 g/mol. The molecule has 0 aliphatic rings. The number of carbonyl (C=O) groups is 1. The molecule has 2 aromatic heterocycles. The lowest BCUT2D eigenvalue weighted by Gasteiger charge is -2.10. The summed E-state index contributed by atoms with van der Waals surface area (Å²) in [4.78, 5) is 17.0. The number of hydrogen-bond acceptors (Lipinski definition) is 7. The normalized spacial score (nSPS) is 11.7. The van der Waals surface area contributed by atoms with E-state index in [0.717, 1.165) is 16.9 Å². The summed E-state index contributed by atoms with van der Waals surface area (Å²) in [5, 5.41) is 21.2. The van der Waals surface area contributed by atoms with Crippen LogP contribution >= 0.6 is 23.1 Å². The van der Waals surface area contributed by atoms with Crippen LogP contribution in [0.15, 0.2) is 71.2 Å². The standard InChI is InChI=1S/C22H17N5OS2/c1-15-13-29-21(24-15)18(12-23)19(28)14-30-22-26-25-20(16-8-4-2-5-9-16)27(22)17-10-6-3-7-11-17/h2-11,13,18H,14H2,1H3. The summed E-state index contributed by atoms with van der Waals surface area (Å²) >= 11 is 2.61. The SMILES string of the molecule is Cc1csc(C(C#N)C(=O)CSc2nnc(-c3ccccc3)n2-c2ccccc2)n1. The number of thioether (sulfide) groups is 1. The van der Waals surface area contributed by atoms with Crippen molar-refractivity contribution in [2.24, 2.45) is 0 Å². The van der Waals surface area contributed by atoms with E-state index in [1.54, 1.807) is 0 Å². The zero-order valence-electron chi connectivity index (χ0n) is 16.1. The third kappa shape index (κ3) is 4.17. The fourth-order valence-corrected chi connectivity index (χ4v) is 4.65. The molecule has 0 aliphatic carbocycles. The van der Waals surface area contributed by atoms with E-state index >= 15 is 0 Å². The van der Waals surface area contributed by atoms with Crippen LogP contribution in [0, 0.1) is 18.3 Å². The van der Waals surface area contributed by atoms with E-state index in [1.165, 1.54) is 23.1 Å². The molecule has 0 radical (unpaired) electrons. The highest BCUT2D eigenvalue weighted by Gasteiger charge is 2.25. The van der Waals surface area contributed by atoms with Crippen LogP contribution in [0.1, 0.15) is 16.6 Å². The third-order valence-corrected chi connectivity index (χ3v) is 6.34. The molecule has 2 aromatic carbocycles. The Morgan fingerprint density at radius 1 is 1.13 bits per heavy atom. The average molecular weight is 432 g/mol. The van der Waals surface area contributed by atoms with Gasteiger partial charge >= 0.3 is 0 Å². The van der Waals surface area contributed by atoms with E-state index < -0.39 is 5.92 Å². The van der Waals surface area contributed by atoms with Crippen molar-refractivity contribution < 1.29 is 4.79 Å². The predicted molar refractivity (Wildman–Crippen MR) is 118 cm³/mol. The summed E-state index contributed by atoms with van der Waals surface area (Å²) in [6.07, 6.45) is 0. The Labute approximate surface area is 182 Å². The quantitative estimate of drug-likeness (QED) is 0.396. The number of aromatic nitrogens is 4. The van der Waals surface area contributed by atoms with Crippen LogP contribution in [-0.2, 0) is 4.79 Å². The number of hydrogen-bond donors (Lipinski definition) is 0. The van der Waals surface area contributed by atoms with E-state index in [1.807, 2.05) is 77.5 Å². The van der Waals surface area contributed by atoms with Crippen molar-refractivity contribution in [3.63, 3.8) is 0 Å². The fraction of sp³-hybridized carbons (Fsp3) is 0.136. The Morgan fingerprint density at radius 3 is 2.47 bits per heavy atom. The van der Waals surface area contributed by atoms with Gasteiger partial charge in [0.05, 0.1) is 11.8 Å².